The molecule has 5 N–H and O–H groups in total. The molecule has 1 aromatic heterocycles. The summed E-state index contributed by atoms with van der Waals surface area (Å²) >= 11 is 0. The van der Waals surface area contributed by atoms with Gasteiger partial charge >= 0.3 is 5.97 Å². The van der Waals surface area contributed by atoms with Crippen molar-refractivity contribution in [3.05, 3.63) is 47.4 Å². The van der Waals surface area contributed by atoms with Gasteiger partial charge in [0.05, 0.1) is 36.3 Å². The number of carboxylic acid groups (broad SMARTS) is 1. The molecule has 0 saturated carbocycles. The van der Waals surface area contributed by atoms with Crippen LogP contribution in [-0.4, -0.2) is 70.7 Å². The zero-order chi connectivity index (χ0) is 29.4. The summed E-state index contributed by atoms with van der Waals surface area (Å²) in [5, 5.41) is 28.8. The molecule has 2 rings (SSSR count). The minimum Gasteiger partial charge on any atom is -0.481 e. The first kappa shape index (κ1) is 33.1. The number of rotatable bonds is 10. The highest BCUT2D eigenvalue weighted by atomic mass is 32.2. The molecule has 0 saturated heterocycles. The van der Waals surface area contributed by atoms with Gasteiger partial charge in [0.1, 0.15) is 5.82 Å². The number of hydrogen-bond donors (Lipinski definition) is 4. The van der Waals surface area contributed by atoms with Gasteiger partial charge in [0.15, 0.2) is 0 Å². The van der Waals surface area contributed by atoms with Crippen LogP contribution in [0.4, 0.5) is 10.3 Å². The fourth-order valence-electron chi connectivity index (χ4n) is 3.05. The number of anilines is 1. The van der Waals surface area contributed by atoms with E-state index < -0.39 is 40.4 Å². The lowest BCUT2D eigenvalue weighted by molar-refractivity contribution is -0.139. The van der Waals surface area contributed by atoms with E-state index in [0.717, 1.165) is 10.6 Å². The fraction of sp³-hybridized carbons (Fsp3) is 0.500. The quantitative estimate of drug-likeness (QED) is 0.345. The predicted octanol–water partition coefficient (Wildman–Crippen LogP) is 3.15. The number of nitrogens with zero attached hydrogens (tertiary/aromatic N) is 3. The van der Waals surface area contributed by atoms with Crippen LogP contribution in [0.5, 0.6) is 0 Å². The number of halogens is 1. The second-order valence-corrected chi connectivity index (χ2v) is 12.4. The molecule has 0 bridgehead atoms. The van der Waals surface area contributed by atoms with E-state index in [1.165, 1.54) is 43.5 Å². The summed E-state index contributed by atoms with van der Waals surface area (Å²) in [4.78, 5) is 19.6. The van der Waals surface area contributed by atoms with Crippen LogP contribution >= 0.6 is 0 Å². The third-order valence-corrected chi connectivity index (χ3v) is 5.97. The van der Waals surface area contributed by atoms with Crippen molar-refractivity contribution in [2.24, 2.45) is 5.73 Å². The van der Waals surface area contributed by atoms with Crippen LogP contribution in [0.15, 0.2) is 30.3 Å². The highest BCUT2D eigenvalue weighted by molar-refractivity contribution is 7.92. The van der Waals surface area contributed by atoms with E-state index >= 15 is 0 Å². The van der Waals surface area contributed by atoms with E-state index in [1.54, 1.807) is 0 Å². The number of nitrogens with two attached hydrogens (primary N) is 1. The van der Waals surface area contributed by atoms with Crippen LogP contribution in [-0.2, 0) is 14.8 Å². The van der Waals surface area contributed by atoms with E-state index in [-0.39, 0.29) is 23.8 Å². The summed E-state index contributed by atoms with van der Waals surface area (Å²) in [6.45, 7) is 9.60. The molecule has 0 amide bonds. The number of aliphatic carboxylic acids is 1. The van der Waals surface area contributed by atoms with E-state index in [4.69, 9.17) is 10.8 Å². The van der Waals surface area contributed by atoms with Crippen molar-refractivity contribution in [2.45, 2.75) is 71.1 Å². The van der Waals surface area contributed by atoms with Gasteiger partial charge < -0.3 is 21.1 Å². The Bertz CT molecular complexity index is 1210. The molecule has 1 aromatic carbocycles. The van der Waals surface area contributed by atoms with Crippen LogP contribution in [0, 0.1) is 5.82 Å². The smallest absolute Gasteiger partial charge is 0.305 e. The summed E-state index contributed by atoms with van der Waals surface area (Å²) in [6.07, 6.45) is 0.860. The molecule has 0 aliphatic carbocycles. The van der Waals surface area contributed by atoms with Crippen LogP contribution in [0.3, 0.4) is 0 Å². The van der Waals surface area contributed by atoms with Crippen molar-refractivity contribution in [1.82, 2.24) is 9.97 Å². The van der Waals surface area contributed by atoms with Crippen molar-refractivity contribution >= 4 is 28.0 Å². The fourth-order valence-corrected chi connectivity index (χ4v) is 3.42. The van der Waals surface area contributed by atoms with Gasteiger partial charge in [-0.15, -0.1) is 0 Å². The van der Waals surface area contributed by atoms with E-state index in [0.29, 0.717) is 22.5 Å². The Morgan fingerprint density at radius 3 is 2.13 bits per heavy atom. The standard InChI is InChI=1S/C22H28FN3O6S.C4H11N/c1-13(2)20-18(10-9-16(27)11-17(28)12-19(29)30)21(14-5-7-15(23)8-6-14)25-22(24-20)26(3)33(4,31)32;1-4(2,3)5/h5-10,13,16-17,27-28H,11-12H2,1-4H3,(H,29,30);5H2,1-3H3/b10-9+;. The van der Waals surface area contributed by atoms with Crippen LogP contribution in [0.2, 0.25) is 0 Å². The first-order chi connectivity index (χ1) is 17.3. The Morgan fingerprint density at radius 2 is 1.68 bits per heavy atom. The molecule has 1 heterocycles. The molecule has 2 unspecified atom stereocenters. The number of carboxylic acids is 1. The first-order valence-corrected chi connectivity index (χ1v) is 13.8. The summed E-state index contributed by atoms with van der Waals surface area (Å²) in [5.74, 6) is -1.87. The molecule has 2 aromatic rings. The topological polar surface area (TPSA) is 167 Å². The molecule has 38 heavy (non-hydrogen) atoms. The molecule has 212 valence electrons. The SMILES string of the molecule is CC(C)(C)N.CC(C)c1nc(N(C)S(C)(=O)=O)nc(-c2ccc(F)cc2)c1/C=C/C(O)CC(O)CC(=O)O. The average Bonchev–Trinajstić information content (AvgIpc) is 2.74. The van der Waals surface area contributed by atoms with Crippen molar-refractivity contribution in [3.63, 3.8) is 0 Å². The zero-order valence-electron chi connectivity index (χ0n) is 22.9. The Kier molecular flexibility index (Phi) is 12.0. The molecule has 0 aliphatic heterocycles. The Balaban J connectivity index is 0.00000132. The largest absolute Gasteiger partial charge is 0.481 e. The summed E-state index contributed by atoms with van der Waals surface area (Å²) in [6, 6.07) is 5.49. The number of sulfonamides is 1. The van der Waals surface area contributed by atoms with Crippen LogP contribution in [0.25, 0.3) is 17.3 Å². The van der Waals surface area contributed by atoms with Gasteiger partial charge in [0.2, 0.25) is 16.0 Å². The second kappa shape index (κ2) is 13.7. The summed E-state index contributed by atoms with van der Waals surface area (Å²) < 4.78 is 38.6. The van der Waals surface area contributed by atoms with Crippen molar-refractivity contribution < 1.29 is 32.9 Å². The molecule has 0 aliphatic rings. The van der Waals surface area contributed by atoms with Gasteiger partial charge in [0.25, 0.3) is 0 Å². The molecule has 0 spiro atoms. The Hall–Kier alpha value is -2.93. The number of hydrogen-bond acceptors (Lipinski definition) is 8. The van der Waals surface area contributed by atoms with E-state index in [2.05, 4.69) is 9.97 Å². The monoisotopic (exact) mass is 554 g/mol. The average molecular weight is 555 g/mol. The lowest BCUT2D eigenvalue weighted by Gasteiger charge is -2.20. The van der Waals surface area contributed by atoms with Gasteiger partial charge in [0, 0.05) is 30.1 Å². The predicted molar refractivity (Wildman–Crippen MR) is 147 cm³/mol. The van der Waals surface area contributed by atoms with Crippen molar-refractivity contribution in [3.8, 4) is 11.3 Å². The lowest BCUT2D eigenvalue weighted by atomic mass is 9.97. The van der Waals surface area contributed by atoms with Crippen molar-refractivity contribution in [2.75, 3.05) is 17.6 Å². The molecule has 0 fully saturated rings. The summed E-state index contributed by atoms with van der Waals surface area (Å²) in [5.41, 5.74) is 7.16. The van der Waals surface area contributed by atoms with Gasteiger partial charge in [-0.25, -0.2) is 27.1 Å². The molecular weight excluding hydrogens is 515 g/mol. The normalized spacial score (nSPS) is 13.7. The molecule has 0 radical (unpaired) electrons. The second-order valence-electron chi connectivity index (χ2n) is 10.3. The third kappa shape index (κ3) is 11.6. The maximum Gasteiger partial charge on any atom is 0.305 e. The summed E-state index contributed by atoms with van der Waals surface area (Å²) in [7, 11) is -2.33. The maximum absolute atomic E-state index is 13.5. The zero-order valence-corrected chi connectivity index (χ0v) is 23.7. The lowest BCUT2D eigenvalue weighted by Crippen LogP contribution is -2.27. The molecular formula is C26H39FN4O6S. The maximum atomic E-state index is 13.5. The van der Waals surface area contributed by atoms with E-state index in [9.17, 15) is 27.8 Å². The van der Waals surface area contributed by atoms with Crippen LogP contribution < -0.4 is 10.0 Å². The Morgan fingerprint density at radius 1 is 1.16 bits per heavy atom. The number of aromatic nitrogens is 2. The van der Waals surface area contributed by atoms with E-state index in [1.807, 2.05) is 34.6 Å². The van der Waals surface area contributed by atoms with Gasteiger partial charge in [-0.2, -0.15) is 0 Å². The first-order valence-electron chi connectivity index (χ1n) is 12.0. The number of aliphatic hydroxyl groups is 2. The van der Waals surface area contributed by atoms with Gasteiger partial charge in [-0.1, -0.05) is 26.0 Å². The van der Waals surface area contributed by atoms with Crippen molar-refractivity contribution in [1.29, 1.82) is 0 Å². The number of benzene rings is 1. The highest BCUT2D eigenvalue weighted by Crippen LogP contribution is 2.31. The molecule has 12 heteroatoms. The minimum absolute atomic E-state index is 0. The highest BCUT2D eigenvalue weighted by Gasteiger charge is 2.22. The Labute approximate surface area is 224 Å². The van der Waals surface area contributed by atoms with Gasteiger partial charge in [-0.3, -0.25) is 4.79 Å². The third-order valence-electron chi connectivity index (χ3n) is 4.82. The number of aliphatic hydroxyl groups excluding tert-OH is 2. The van der Waals surface area contributed by atoms with Crippen LogP contribution in [0.1, 0.15) is 64.6 Å². The number of carbonyl (C=O) groups is 1. The molecule has 10 nitrogen and oxygen atoms in total. The molecule has 2 atom stereocenters. The minimum atomic E-state index is -3.65. The van der Waals surface area contributed by atoms with Gasteiger partial charge in [-0.05, 0) is 51.0 Å².